The number of halogens is 1. The third-order valence-electron chi connectivity index (χ3n) is 4.87. The Balaban J connectivity index is 0.00000385. The van der Waals surface area contributed by atoms with E-state index in [-0.39, 0.29) is 35.4 Å². The van der Waals surface area contributed by atoms with Gasteiger partial charge in [0.2, 0.25) is 5.91 Å². The molecule has 3 rings (SSSR count). The highest BCUT2D eigenvalue weighted by atomic mass is 35.5. The highest BCUT2D eigenvalue weighted by Gasteiger charge is 2.23. The Morgan fingerprint density at radius 2 is 1.82 bits per heavy atom. The Labute approximate surface area is 205 Å². The number of amides is 1. The maximum Gasteiger partial charge on any atom is 0.229 e. The standard InChI is InChI=1S/C23H29N3O4S2.ClH/c1-4-30-18-11-12-20-21(17-18)31-23(24-20)26(15-8-14-25(2)3)22(27)13-16-32(28,29)19-9-6-5-7-10-19;/h5-7,9-12,17H,4,8,13-16H2,1-3H3;1H. The number of carbonyl (C=O) groups excluding carboxylic acids is 1. The summed E-state index contributed by atoms with van der Waals surface area (Å²) in [6, 6.07) is 13.9. The molecule has 180 valence electrons. The fourth-order valence-electron chi connectivity index (χ4n) is 3.24. The summed E-state index contributed by atoms with van der Waals surface area (Å²) >= 11 is 1.41. The number of thiazole rings is 1. The Hall–Kier alpha value is -2.20. The van der Waals surface area contributed by atoms with Crippen molar-refractivity contribution in [3.05, 3.63) is 48.5 Å². The van der Waals surface area contributed by atoms with Crippen LogP contribution in [0.2, 0.25) is 0 Å². The van der Waals surface area contributed by atoms with Gasteiger partial charge >= 0.3 is 0 Å². The van der Waals surface area contributed by atoms with E-state index >= 15 is 0 Å². The summed E-state index contributed by atoms with van der Waals surface area (Å²) < 4.78 is 31.8. The second-order valence-electron chi connectivity index (χ2n) is 7.64. The van der Waals surface area contributed by atoms with Crippen LogP contribution in [0.4, 0.5) is 5.13 Å². The van der Waals surface area contributed by atoms with Gasteiger partial charge in [-0.3, -0.25) is 9.69 Å². The molecule has 0 aliphatic heterocycles. The van der Waals surface area contributed by atoms with Gasteiger partial charge < -0.3 is 9.64 Å². The van der Waals surface area contributed by atoms with Gasteiger partial charge in [-0.15, -0.1) is 12.4 Å². The summed E-state index contributed by atoms with van der Waals surface area (Å²) in [6.45, 7) is 3.78. The van der Waals surface area contributed by atoms with E-state index in [1.165, 1.54) is 11.3 Å². The summed E-state index contributed by atoms with van der Waals surface area (Å²) in [6.07, 6.45) is 0.656. The number of aromatic nitrogens is 1. The molecule has 0 saturated carbocycles. The fourth-order valence-corrected chi connectivity index (χ4v) is 5.53. The van der Waals surface area contributed by atoms with Gasteiger partial charge in [0, 0.05) is 13.0 Å². The molecule has 33 heavy (non-hydrogen) atoms. The van der Waals surface area contributed by atoms with Crippen LogP contribution >= 0.6 is 23.7 Å². The number of carbonyl (C=O) groups is 1. The summed E-state index contributed by atoms with van der Waals surface area (Å²) in [5.74, 6) is 0.279. The minimum Gasteiger partial charge on any atom is -0.494 e. The number of benzene rings is 2. The first kappa shape index (κ1) is 27.0. The van der Waals surface area contributed by atoms with E-state index in [1.807, 2.05) is 39.2 Å². The lowest BCUT2D eigenvalue weighted by Gasteiger charge is -2.21. The molecule has 0 radical (unpaired) electrons. The fraction of sp³-hybridized carbons (Fsp3) is 0.391. The Bertz CT molecular complexity index is 1150. The predicted octanol–water partition coefficient (Wildman–Crippen LogP) is 4.27. The molecule has 0 atom stereocenters. The molecule has 0 aliphatic rings. The number of fused-ring (bicyclic) bond motifs is 1. The molecule has 0 saturated heterocycles. The Morgan fingerprint density at radius 1 is 1.09 bits per heavy atom. The third-order valence-corrected chi connectivity index (χ3v) is 7.64. The van der Waals surface area contributed by atoms with Crippen LogP contribution in [0.15, 0.2) is 53.4 Å². The van der Waals surface area contributed by atoms with Gasteiger partial charge in [0.05, 0.1) is 27.5 Å². The zero-order chi connectivity index (χ0) is 23.1. The number of anilines is 1. The molecule has 1 aromatic heterocycles. The van der Waals surface area contributed by atoms with Crippen LogP contribution in [-0.2, 0) is 14.6 Å². The molecule has 0 N–H and O–H groups in total. The van der Waals surface area contributed by atoms with Crippen molar-refractivity contribution in [3.63, 3.8) is 0 Å². The lowest BCUT2D eigenvalue weighted by molar-refractivity contribution is -0.118. The van der Waals surface area contributed by atoms with E-state index in [4.69, 9.17) is 4.74 Å². The van der Waals surface area contributed by atoms with Crippen molar-refractivity contribution < 1.29 is 17.9 Å². The average molecular weight is 512 g/mol. The zero-order valence-corrected chi connectivity index (χ0v) is 21.5. The summed E-state index contributed by atoms with van der Waals surface area (Å²) in [5.41, 5.74) is 0.788. The second-order valence-corrected chi connectivity index (χ2v) is 10.8. The molecule has 0 spiro atoms. The summed E-state index contributed by atoms with van der Waals surface area (Å²) in [5, 5.41) is 0.578. The van der Waals surface area contributed by atoms with Crippen LogP contribution in [0, 0.1) is 0 Å². The van der Waals surface area contributed by atoms with E-state index in [2.05, 4.69) is 9.88 Å². The lowest BCUT2D eigenvalue weighted by atomic mass is 10.3. The monoisotopic (exact) mass is 511 g/mol. The lowest BCUT2D eigenvalue weighted by Crippen LogP contribution is -2.34. The molecule has 0 aliphatic carbocycles. The first-order chi connectivity index (χ1) is 15.3. The van der Waals surface area contributed by atoms with Crippen molar-refractivity contribution in [1.82, 2.24) is 9.88 Å². The van der Waals surface area contributed by atoms with Crippen molar-refractivity contribution in [3.8, 4) is 5.75 Å². The number of sulfone groups is 1. The topological polar surface area (TPSA) is 79.8 Å². The van der Waals surface area contributed by atoms with E-state index in [0.29, 0.717) is 18.3 Å². The molecular weight excluding hydrogens is 482 g/mol. The SMILES string of the molecule is CCOc1ccc2nc(N(CCCN(C)C)C(=O)CCS(=O)(=O)c3ccccc3)sc2c1.Cl. The largest absolute Gasteiger partial charge is 0.494 e. The molecule has 0 bridgehead atoms. The molecule has 1 heterocycles. The van der Waals surface area contributed by atoms with Crippen molar-refractivity contribution in [2.75, 3.05) is 44.4 Å². The minimum atomic E-state index is -3.53. The zero-order valence-electron chi connectivity index (χ0n) is 19.1. The van der Waals surface area contributed by atoms with Crippen molar-refractivity contribution in [2.24, 2.45) is 0 Å². The number of nitrogens with zero attached hydrogens (tertiary/aromatic N) is 3. The normalized spacial score (nSPS) is 11.4. The van der Waals surface area contributed by atoms with Crippen LogP contribution in [0.3, 0.4) is 0 Å². The molecule has 0 unspecified atom stereocenters. The molecule has 3 aromatic rings. The number of ether oxygens (including phenoxy) is 1. The van der Waals surface area contributed by atoms with Gasteiger partial charge in [0.1, 0.15) is 5.75 Å². The van der Waals surface area contributed by atoms with Crippen molar-refractivity contribution >= 4 is 54.8 Å². The first-order valence-electron chi connectivity index (χ1n) is 10.6. The minimum absolute atomic E-state index is 0. The van der Waals surface area contributed by atoms with Gasteiger partial charge in [-0.2, -0.15) is 0 Å². The van der Waals surface area contributed by atoms with Gasteiger partial charge in [0.25, 0.3) is 0 Å². The smallest absolute Gasteiger partial charge is 0.229 e. The van der Waals surface area contributed by atoms with Gasteiger partial charge in [0.15, 0.2) is 15.0 Å². The van der Waals surface area contributed by atoms with Gasteiger partial charge in [-0.1, -0.05) is 29.5 Å². The maximum absolute atomic E-state index is 13.1. The highest BCUT2D eigenvalue weighted by Crippen LogP contribution is 2.32. The summed E-state index contributed by atoms with van der Waals surface area (Å²) in [7, 11) is 0.425. The van der Waals surface area contributed by atoms with Crippen molar-refractivity contribution in [1.29, 1.82) is 0 Å². The van der Waals surface area contributed by atoms with E-state index in [1.54, 1.807) is 35.2 Å². The second kappa shape index (κ2) is 12.3. The average Bonchev–Trinajstić information content (AvgIpc) is 3.19. The van der Waals surface area contributed by atoms with Crippen molar-refractivity contribution in [2.45, 2.75) is 24.7 Å². The van der Waals surface area contributed by atoms with E-state index in [0.717, 1.165) is 28.9 Å². The molecular formula is C23H30ClN3O4S2. The van der Waals surface area contributed by atoms with Crippen LogP contribution in [0.5, 0.6) is 5.75 Å². The van der Waals surface area contributed by atoms with Gasteiger partial charge in [-0.05, 0) is 64.3 Å². The van der Waals surface area contributed by atoms with Crippen LogP contribution in [-0.4, -0.2) is 63.8 Å². The molecule has 0 fully saturated rings. The molecule has 7 nitrogen and oxygen atoms in total. The maximum atomic E-state index is 13.1. The molecule has 10 heteroatoms. The van der Waals surface area contributed by atoms with Crippen LogP contribution < -0.4 is 9.64 Å². The van der Waals surface area contributed by atoms with E-state index < -0.39 is 9.84 Å². The van der Waals surface area contributed by atoms with Crippen LogP contribution in [0.25, 0.3) is 10.2 Å². The van der Waals surface area contributed by atoms with Crippen LogP contribution in [0.1, 0.15) is 19.8 Å². The quantitative estimate of drug-likeness (QED) is 0.382. The highest BCUT2D eigenvalue weighted by molar-refractivity contribution is 7.91. The number of rotatable bonds is 11. The summed E-state index contributed by atoms with van der Waals surface area (Å²) in [4.78, 5) is 21.7. The Morgan fingerprint density at radius 3 is 2.48 bits per heavy atom. The third kappa shape index (κ3) is 7.40. The Kier molecular flexibility index (Phi) is 10.1. The first-order valence-corrected chi connectivity index (χ1v) is 13.0. The van der Waals surface area contributed by atoms with E-state index in [9.17, 15) is 13.2 Å². The van der Waals surface area contributed by atoms with Gasteiger partial charge in [-0.25, -0.2) is 13.4 Å². The number of hydrogen-bond acceptors (Lipinski definition) is 7. The predicted molar refractivity (Wildman–Crippen MR) is 137 cm³/mol. The number of hydrogen-bond donors (Lipinski definition) is 0. The molecule has 2 aromatic carbocycles. The molecule has 1 amide bonds.